The van der Waals surface area contributed by atoms with Crippen LogP contribution in [0.15, 0.2) is 71.9 Å². The first-order chi connectivity index (χ1) is 16.5. The van der Waals surface area contributed by atoms with Crippen LogP contribution in [0.1, 0.15) is 29.0 Å². The Morgan fingerprint density at radius 3 is 2.62 bits per heavy atom. The molecular formula is C26H24FNO6. The first kappa shape index (κ1) is 23.1. The maximum atomic E-state index is 13.5. The van der Waals surface area contributed by atoms with E-state index in [1.807, 2.05) is 36.4 Å². The number of hydrogen-bond acceptors (Lipinski definition) is 6. The molecule has 0 aromatic heterocycles. The van der Waals surface area contributed by atoms with Gasteiger partial charge in [0.2, 0.25) is 0 Å². The van der Waals surface area contributed by atoms with Crippen LogP contribution < -0.4 is 14.2 Å². The monoisotopic (exact) mass is 465 g/mol. The highest BCUT2D eigenvalue weighted by Gasteiger charge is 2.26. The molecule has 1 aliphatic rings. The van der Waals surface area contributed by atoms with Crippen LogP contribution in [0.2, 0.25) is 0 Å². The van der Waals surface area contributed by atoms with E-state index in [-0.39, 0.29) is 24.8 Å². The number of fused-ring (bicyclic) bond motifs is 1. The van der Waals surface area contributed by atoms with Gasteiger partial charge in [-0.2, -0.15) is 0 Å². The molecular weight excluding hydrogens is 441 g/mol. The quantitative estimate of drug-likeness (QED) is 0.342. The van der Waals surface area contributed by atoms with Crippen LogP contribution >= 0.6 is 0 Å². The molecule has 1 N–H and O–H groups in total. The second-order valence-electron chi connectivity index (χ2n) is 7.76. The predicted molar refractivity (Wildman–Crippen MR) is 123 cm³/mol. The Bertz CT molecular complexity index is 1180. The fourth-order valence-corrected chi connectivity index (χ4v) is 3.67. The number of nitrogens with zero attached hydrogens (tertiary/aromatic N) is 1. The number of rotatable bonds is 10. The Morgan fingerprint density at radius 2 is 1.88 bits per heavy atom. The van der Waals surface area contributed by atoms with Gasteiger partial charge >= 0.3 is 5.97 Å². The molecule has 3 aromatic rings. The molecule has 1 heterocycles. The largest absolute Gasteiger partial charge is 0.492 e. The average Bonchev–Trinajstić information content (AvgIpc) is 3.22. The third-order valence-electron chi connectivity index (χ3n) is 5.35. The smallest absolute Gasteiger partial charge is 0.304 e. The molecule has 0 bridgehead atoms. The van der Waals surface area contributed by atoms with Gasteiger partial charge < -0.3 is 24.2 Å². The summed E-state index contributed by atoms with van der Waals surface area (Å²) in [5.74, 6) is 0.597. The summed E-state index contributed by atoms with van der Waals surface area (Å²) in [7, 11) is 1.43. The van der Waals surface area contributed by atoms with Crippen molar-refractivity contribution < 1.29 is 33.3 Å². The summed E-state index contributed by atoms with van der Waals surface area (Å²) in [6, 6.07) is 19.0. The molecule has 0 radical (unpaired) electrons. The number of benzene rings is 3. The van der Waals surface area contributed by atoms with E-state index >= 15 is 0 Å². The van der Waals surface area contributed by atoms with Crippen LogP contribution in [0.4, 0.5) is 4.39 Å². The average molecular weight is 465 g/mol. The topological polar surface area (TPSA) is 86.6 Å². The zero-order valence-electron chi connectivity index (χ0n) is 18.6. The van der Waals surface area contributed by atoms with Gasteiger partial charge in [-0.1, -0.05) is 35.5 Å². The number of carboxylic acids is 1. The summed E-state index contributed by atoms with van der Waals surface area (Å²) < 4.78 is 30.8. The summed E-state index contributed by atoms with van der Waals surface area (Å²) in [6.07, 6.45) is 0.0443. The maximum absolute atomic E-state index is 13.5. The van der Waals surface area contributed by atoms with Crippen LogP contribution in [0, 0.1) is 5.82 Å². The molecule has 1 aliphatic heterocycles. The lowest BCUT2D eigenvalue weighted by atomic mass is 9.98. The summed E-state index contributed by atoms with van der Waals surface area (Å²) in [5, 5.41) is 13.0. The van der Waals surface area contributed by atoms with E-state index in [1.54, 1.807) is 18.2 Å². The molecule has 0 saturated heterocycles. The zero-order valence-corrected chi connectivity index (χ0v) is 18.6. The third-order valence-corrected chi connectivity index (χ3v) is 5.35. The van der Waals surface area contributed by atoms with Crippen molar-refractivity contribution in [2.24, 2.45) is 5.16 Å². The highest BCUT2D eigenvalue weighted by atomic mass is 19.1. The Hall–Kier alpha value is -4.07. The van der Waals surface area contributed by atoms with Gasteiger partial charge in [-0.25, -0.2) is 4.39 Å². The number of hydrogen-bond donors (Lipinski definition) is 1. The number of carboxylic acid groups (broad SMARTS) is 1. The van der Waals surface area contributed by atoms with Gasteiger partial charge in [-0.15, -0.1) is 0 Å². The summed E-state index contributed by atoms with van der Waals surface area (Å²) in [6.45, 7) is 0.824. The van der Waals surface area contributed by atoms with Crippen LogP contribution in [-0.4, -0.2) is 37.1 Å². The molecule has 3 aromatic carbocycles. The molecule has 0 aliphatic carbocycles. The summed E-state index contributed by atoms with van der Waals surface area (Å²) >= 11 is 0. The Kier molecular flexibility index (Phi) is 7.27. The van der Waals surface area contributed by atoms with E-state index < -0.39 is 5.97 Å². The van der Waals surface area contributed by atoms with Gasteiger partial charge in [-0.05, 0) is 35.9 Å². The summed E-state index contributed by atoms with van der Waals surface area (Å²) in [4.78, 5) is 15.8. The number of oxime groups is 1. The van der Waals surface area contributed by atoms with Gasteiger partial charge in [0, 0.05) is 23.1 Å². The molecule has 34 heavy (non-hydrogen) atoms. The summed E-state index contributed by atoms with van der Waals surface area (Å²) in [5.41, 5.74) is 2.89. The second-order valence-corrected chi connectivity index (χ2v) is 7.76. The lowest BCUT2D eigenvalue weighted by Crippen LogP contribution is -2.13. The van der Waals surface area contributed by atoms with E-state index in [1.165, 1.54) is 19.2 Å². The number of halogens is 1. The van der Waals surface area contributed by atoms with Crippen molar-refractivity contribution in [1.29, 1.82) is 0 Å². The van der Waals surface area contributed by atoms with E-state index in [0.717, 1.165) is 11.1 Å². The van der Waals surface area contributed by atoms with Gasteiger partial charge in [0.15, 0.2) is 0 Å². The fraction of sp³-hybridized carbons (Fsp3) is 0.231. The van der Waals surface area contributed by atoms with Crippen molar-refractivity contribution in [3.63, 3.8) is 0 Å². The third kappa shape index (κ3) is 5.83. The number of ether oxygens (including phenoxy) is 3. The van der Waals surface area contributed by atoms with Crippen molar-refractivity contribution in [2.75, 3.05) is 20.3 Å². The van der Waals surface area contributed by atoms with E-state index in [4.69, 9.17) is 24.2 Å². The highest BCUT2D eigenvalue weighted by molar-refractivity contribution is 6.01. The Morgan fingerprint density at radius 1 is 1.09 bits per heavy atom. The van der Waals surface area contributed by atoms with Gasteiger partial charge in [0.05, 0.1) is 13.0 Å². The number of carbonyl (C=O) groups is 1. The van der Waals surface area contributed by atoms with Gasteiger partial charge in [0.25, 0.3) is 0 Å². The minimum Gasteiger partial charge on any atom is -0.492 e. The molecule has 0 amide bonds. The van der Waals surface area contributed by atoms with Crippen LogP contribution in [0.5, 0.6) is 17.2 Å². The van der Waals surface area contributed by atoms with Crippen LogP contribution in [0.25, 0.3) is 0 Å². The van der Waals surface area contributed by atoms with Crippen LogP contribution in [-0.2, 0) is 16.2 Å². The molecule has 7 nitrogen and oxygen atoms in total. The molecule has 8 heteroatoms. The van der Waals surface area contributed by atoms with Gasteiger partial charge in [0.1, 0.15) is 49.1 Å². The van der Waals surface area contributed by atoms with E-state index in [2.05, 4.69) is 5.16 Å². The maximum Gasteiger partial charge on any atom is 0.304 e. The minimum absolute atomic E-state index is 0.0443. The SMILES string of the molecule is CON=C(COc1ccc(COc2ccc3c(c2)OCC3CC(=O)O)cc1)c1cccc(F)c1. The van der Waals surface area contributed by atoms with Crippen LogP contribution in [0.3, 0.4) is 0 Å². The van der Waals surface area contributed by atoms with E-state index in [0.29, 0.717) is 41.7 Å². The van der Waals surface area contributed by atoms with Crippen molar-refractivity contribution >= 4 is 11.7 Å². The molecule has 176 valence electrons. The first-order valence-corrected chi connectivity index (χ1v) is 10.7. The standard InChI is InChI=1S/C26H24FNO6/c1-31-28-24(18-3-2-4-20(27)11-18)16-33-21-7-5-17(6-8-21)14-32-22-9-10-23-19(12-26(29)30)15-34-25(23)13-22/h2-11,13,19H,12,14-16H2,1H3,(H,29,30). The highest BCUT2D eigenvalue weighted by Crippen LogP contribution is 2.38. The van der Waals surface area contributed by atoms with Crippen molar-refractivity contribution in [2.45, 2.75) is 18.9 Å². The van der Waals surface area contributed by atoms with E-state index in [9.17, 15) is 9.18 Å². The molecule has 1 unspecified atom stereocenters. The normalized spacial score (nSPS) is 14.8. The zero-order chi connectivity index (χ0) is 23.9. The predicted octanol–water partition coefficient (Wildman–Crippen LogP) is 4.78. The first-order valence-electron chi connectivity index (χ1n) is 10.7. The molecule has 0 fully saturated rings. The Labute approximate surface area is 196 Å². The van der Waals surface area contributed by atoms with Crippen molar-refractivity contribution in [3.05, 3.63) is 89.2 Å². The van der Waals surface area contributed by atoms with Gasteiger partial charge in [-0.3, -0.25) is 4.79 Å². The number of aliphatic carboxylic acids is 1. The Balaban J connectivity index is 1.32. The molecule has 1 atom stereocenters. The lowest BCUT2D eigenvalue weighted by molar-refractivity contribution is -0.137. The van der Waals surface area contributed by atoms with Crippen molar-refractivity contribution in [1.82, 2.24) is 0 Å². The minimum atomic E-state index is -0.842. The van der Waals surface area contributed by atoms with Crippen molar-refractivity contribution in [3.8, 4) is 17.2 Å². The molecule has 0 saturated carbocycles. The lowest BCUT2D eigenvalue weighted by Gasteiger charge is -2.11. The second kappa shape index (κ2) is 10.7. The molecule has 4 rings (SSSR count). The fourth-order valence-electron chi connectivity index (χ4n) is 3.67. The molecule has 0 spiro atoms.